The second kappa shape index (κ2) is 15.7. The van der Waals surface area contributed by atoms with Crippen LogP contribution >= 0.6 is 0 Å². The second-order valence-corrected chi connectivity index (χ2v) is 9.52. The lowest BCUT2D eigenvalue weighted by Gasteiger charge is -2.26. The van der Waals surface area contributed by atoms with Crippen molar-refractivity contribution in [2.45, 2.75) is 78.6 Å². The standard InChI is InChI=1S/C26H39NO11/c1-16(2)10-12-33-23(29)34-13-11-26(27,22(28)32-7)15-19-8-9-20(37-24(30)35-17(3)4)21(14-19)38-25(31)36-18(5)6/h8-9,14,16-18H,10-13,15,27H2,1-7H3/t26-/m1/s1. The van der Waals surface area contributed by atoms with E-state index in [2.05, 4.69) is 0 Å². The van der Waals surface area contributed by atoms with Crippen LogP contribution in [0.15, 0.2) is 18.2 Å². The van der Waals surface area contributed by atoms with Crippen molar-refractivity contribution >= 4 is 24.4 Å². The predicted molar refractivity (Wildman–Crippen MR) is 135 cm³/mol. The summed E-state index contributed by atoms with van der Waals surface area (Å²) in [5.41, 5.74) is 5.17. The highest BCUT2D eigenvalue weighted by molar-refractivity contribution is 5.81. The Bertz CT molecular complexity index is 945. The number of ether oxygens (including phenoxy) is 7. The molecular formula is C26H39NO11. The molecule has 0 bridgehead atoms. The zero-order chi connectivity index (χ0) is 28.9. The van der Waals surface area contributed by atoms with Crippen LogP contribution in [0.25, 0.3) is 0 Å². The molecule has 2 N–H and O–H groups in total. The third-order valence-corrected chi connectivity index (χ3v) is 4.85. The number of carbonyl (C=O) groups excluding carboxylic acids is 4. The molecule has 38 heavy (non-hydrogen) atoms. The number of hydrogen-bond acceptors (Lipinski definition) is 12. The molecule has 0 saturated carbocycles. The Morgan fingerprint density at radius 1 is 0.816 bits per heavy atom. The molecule has 0 radical (unpaired) electrons. The van der Waals surface area contributed by atoms with Gasteiger partial charge in [0, 0.05) is 12.8 Å². The average molecular weight is 542 g/mol. The SMILES string of the molecule is COC(=O)[C@@](N)(CCOC(=O)OCCC(C)C)Cc1ccc(OC(=O)OC(C)C)c(OC(=O)OC(C)C)c1. The predicted octanol–water partition coefficient (Wildman–Crippen LogP) is 4.54. The monoisotopic (exact) mass is 541 g/mol. The molecule has 1 atom stereocenters. The number of nitrogens with two attached hydrogens (primary N) is 1. The van der Waals surface area contributed by atoms with Crippen LogP contribution in [-0.2, 0) is 34.9 Å². The number of methoxy groups -OCH3 is 1. The first kappa shape index (κ1) is 32.5. The largest absolute Gasteiger partial charge is 0.514 e. The van der Waals surface area contributed by atoms with Crippen molar-refractivity contribution in [3.05, 3.63) is 23.8 Å². The van der Waals surface area contributed by atoms with Gasteiger partial charge in [-0.1, -0.05) is 19.9 Å². The van der Waals surface area contributed by atoms with Crippen molar-refractivity contribution < 1.29 is 52.3 Å². The maximum Gasteiger partial charge on any atom is 0.514 e. The van der Waals surface area contributed by atoms with Gasteiger partial charge in [-0.05, 0) is 57.7 Å². The first-order valence-electron chi connectivity index (χ1n) is 12.3. The molecule has 0 aliphatic rings. The number of esters is 1. The van der Waals surface area contributed by atoms with Crippen molar-refractivity contribution in [2.75, 3.05) is 20.3 Å². The van der Waals surface area contributed by atoms with Crippen molar-refractivity contribution in [1.29, 1.82) is 0 Å². The van der Waals surface area contributed by atoms with Crippen LogP contribution in [0.4, 0.5) is 14.4 Å². The third-order valence-electron chi connectivity index (χ3n) is 4.85. The van der Waals surface area contributed by atoms with Crippen LogP contribution < -0.4 is 15.2 Å². The molecule has 0 amide bonds. The van der Waals surface area contributed by atoms with Crippen LogP contribution in [-0.4, -0.2) is 62.5 Å². The van der Waals surface area contributed by atoms with Gasteiger partial charge in [-0.2, -0.15) is 0 Å². The molecule has 1 aromatic rings. The van der Waals surface area contributed by atoms with Gasteiger partial charge in [-0.3, -0.25) is 4.79 Å². The molecule has 1 aromatic carbocycles. The summed E-state index contributed by atoms with van der Waals surface area (Å²) in [7, 11) is 1.18. The lowest BCUT2D eigenvalue weighted by Crippen LogP contribution is -2.51. The molecule has 0 fully saturated rings. The Labute approximate surface area is 223 Å². The molecule has 0 spiro atoms. The molecule has 1 rings (SSSR count). The molecule has 0 aliphatic carbocycles. The number of rotatable bonds is 13. The van der Waals surface area contributed by atoms with Crippen molar-refractivity contribution in [2.24, 2.45) is 11.7 Å². The van der Waals surface area contributed by atoms with E-state index in [0.29, 0.717) is 17.9 Å². The van der Waals surface area contributed by atoms with Gasteiger partial charge in [-0.25, -0.2) is 14.4 Å². The van der Waals surface area contributed by atoms with E-state index in [4.69, 9.17) is 38.9 Å². The van der Waals surface area contributed by atoms with Gasteiger partial charge >= 0.3 is 24.4 Å². The minimum atomic E-state index is -1.61. The van der Waals surface area contributed by atoms with E-state index in [9.17, 15) is 19.2 Å². The molecule has 0 saturated heterocycles. The molecular weight excluding hydrogens is 502 g/mol. The van der Waals surface area contributed by atoms with E-state index >= 15 is 0 Å². The van der Waals surface area contributed by atoms with E-state index in [-0.39, 0.29) is 37.6 Å². The summed E-state index contributed by atoms with van der Waals surface area (Å²) < 4.78 is 35.3. The number of carbonyl (C=O) groups is 4. The topological polar surface area (TPSA) is 159 Å². The zero-order valence-corrected chi connectivity index (χ0v) is 23.1. The lowest BCUT2D eigenvalue weighted by atomic mass is 9.88. The Morgan fingerprint density at radius 3 is 1.89 bits per heavy atom. The zero-order valence-electron chi connectivity index (χ0n) is 23.1. The fourth-order valence-corrected chi connectivity index (χ4v) is 3.01. The van der Waals surface area contributed by atoms with Gasteiger partial charge in [0.2, 0.25) is 0 Å². The quantitative estimate of drug-likeness (QED) is 0.211. The summed E-state index contributed by atoms with van der Waals surface area (Å²) in [6, 6.07) is 4.24. The average Bonchev–Trinajstić information content (AvgIpc) is 2.78. The van der Waals surface area contributed by atoms with E-state index in [1.54, 1.807) is 27.7 Å². The Kier molecular flexibility index (Phi) is 13.4. The van der Waals surface area contributed by atoms with Gasteiger partial charge in [-0.15, -0.1) is 0 Å². The summed E-state index contributed by atoms with van der Waals surface area (Å²) in [5, 5.41) is 0. The highest BCUT2D eigenvalue weighted by atomic mass is 16.8. The highest BCUT2D eigenvalue weighted by Gasteiger charge is 2.36. The van der Waals surface area contributed by atoms with E-state index in [0.717, 1.165) is 0 Å². The van der Waals surface area contributed by atoms with Gasteiger partial charge in [0.05, 0.1) is 32.5 Å². The van der Waals surface area contributed by atoms with Crippen molar-refractivity contribution in [3.63, 3.8) is 0 Å². The number of benzene rings is 1. The highest BCUT2D eigenvalue weighted by Crippen LogP contribution is 2.31. The second-order valence-electron chi connectivity index (χ2n) is 9.52. The fraction of sp³-hybridized carbons (Fsp3) is 0.615. The Hall–Kier alpha value is -3.54. The van der Waals surface area contributed by atoms with Crippen LogP contribution in [0.1, 0.15) is 59.9 Å². The van der Waals surface area contributed by atoms with Gasteiger partial charge in [0.1, 0.15) is 5.54 Å². The Morgan fingerprint density at radius 2 is 1.37 bits per heavy atom. The minimum absolute atomic E-state index is 0.0937. The molecule has 0 aromatic heterocycles. The van der Waals surface area contributed by atoms with Gasteiger partial charge < -0.3 is 38.9 Å². The molecule has 214 valence electrons. The van der Waals surface area contributed by atoms with E-state index < -0.39 is 42.2 Å². The van der Waals surface area contributed by atoms with Crippen LogP contribution in [0.5, 0.6) is 11.5 Å². The summed E-state index contributed by atoms with van der Waals surface area (Å²) in [6.07, 6.45) is -3.32. The lowest BCUT2D eigenvalue weighted by molar-refractivity contribution is -0.147. The van der Waals surface area contributed by atoms with Crippen LogP contribution in [0, 0.1) is 5.92 Å². The minimum Gasteiger partial charge on any atom is -0.468 e. The summed E-state index contributed by atoms with van der Waals surface area (Å²) in [4.78, 5) is 48.5. The third kappa shape index (κ3) is 12.1. The first-order valence-corrected chi connectivity index (χ1v) is 12.3. The molecule has 12 heteroatoms. The van der Waals surface area contributed by atoms with Crippen LogP contribution in [0.3, 0.4) is 0 Å². The van der Waals surface area contributed by atoms with E-state index in [1.165, 1.54) is 25.3 Å². The summed E-state index contributed by atoms with van der Waals surface area (Å²) >= 11 is 0. The fourth-order valence-electron chi connectivity index (χ4n) is 3.01. The maximum atomic E-state index is 12.5. The van der Waals surface area contributed by atoms with Crippen LogP contribution in [0.2, 0.25) is 0 Å². The molecule has 0 aliphatic heterocycles. The van der Waals surface area contributed by atoms with Gasteiger partial charge in [0.15, 0.2) is 11.5 Å². The summed E-state index contributed by atoms with van der Waals surface area (Å²) in [5.74, 6) is -0.673. The maximum absolute atomic E-state index is 12.5. The molecule has 12 nitrogen and oxygen atoms in total. The normalized spacial score (nSPS) is 12.5. The van der Waals surface area contributed by atoms with Crippen molar-refractivity contribution in [3.8, 4) is 11.5 Å². The summed E-state index contributed by atoms with van der Waals surface area (Å²) in [6.45, 7) is 10.5. The Balaban J connectivity index is 3.07. The van der Waals surface area contributed by atoms with Crippen molar-refractivity contribution in [1.82, 2.24) is 0 Å². The van der Waals surface area contributed by atoms with Gasteiger partial charge in [0.25, 0.3) is 0 Å². The molecule has 0 heterocycles. The van der Waals surface area contributed by atoms with E-state index in [1.807, 2.05) is 13.8 Å². The first-order chi connectivity index (χ1) is 17.7. The smallest absolute Gasteiger partial charge is 0.468 e. The molecule has 0 unspecified atom stereocenters. The number of hydrogen-bond donors (Lipinski definition) is 1.